The first-order valence-electron chi connectivity index (χ1n) is 9.53. The van der Waals surface area contributed by atoms with Gasteiger partial charge in [-0.3, -0.25) is 4.79 Å². The highest BCUT2D eigenvalue weighted by atomic mass is 16.6. The van der Waals surface area contributed by atoms with E-state index in [9.17, 15) is 4.79 Å². The summed E-state index contributed by atoms with van der Waals surface area (Å²) in [4.78, 5) is 23.8. The first-order valence-corrected chi connectivity index (χ1v) is 9.53. The Balaban J connectivity index is 1.59. The molecular formula is C22H22N4O3. The maximum atomic E-state index is 12.8. The molecule has 0 saturated carbocycles. The minimum absolute atomic E-state index is 0.303. The molecule has 148 valence electrons. The molecule has 0 bridgehead atoms. The van der Waals surface area contributed by atoms with Crippen molar-refractivity contribution in [3.05, 3.63) is 66.0 Å². The Bertz CT molecular complexity index is 1020. The molecule has 0 fully saturated rings. The van der Waals surface area contributed by atoms with E-state index in [-0.39, 0.29) is 5.91 Å². The summed E-state index contributed by atoms with van der Waals surface area (Å²) in [5, 5.41) is 2.88. The molecule has 1 aliphatic rings. The molecule has 7 nitrogen and oxygen atoms in total. The number of hydrogen-bond donors (Lipinski definition) is 1. The molecular weight excluding hydrogens is 368 g/mol. The van der Waals surface area contributed by atoms with Gasteiger partial charge in [0.05, 0.1) is 0 Å². The van der Waals surface area contributed by atoms with Crippen molar-refractivity contribution in [3.8, 4) is 11.5 Å². The first kappa shape index (κ1) is 18.7. The lowest BCUT2D eigenvalue weighted by Crippen LogP contribution is -2.22. The topological polar surface area (TPSA) is 76.6 Å². The van der Waals surface area contributed by atoms with Crippen molar-refractivity contribution in [2.24, 2.45) is 0 Å². The van der Waals surface area contributed by atoms with Gasteiger partial charge in [0.2, 0.25) is 5.95 Å². The predicted molar refractivity (Wildman–Crippen MR) is 111 cm³/mol. The van der Waals surface area contributed by atoms with E-state index in [1.54, 1.807) is 24.3 Å². The first-order chi connectivity index (χ1) is 14.1. The predicted octanol–water partition coefficient (Wildman–Crippen LogP) is 3.97. The Morgan fingerprint density at radius 3 is 2.55 bits per heavy atom. The standard InChI is InChI=1S/C22H22N4O3/c1-3-26(17-7-5-4-6-8-17)22-23-15(2)13-18(25-22)21(27)24-16-9-10-19-20(14-16)29-12-11-28-19/h4-10,13-14H,3,11-12H2,1-2H3,(H,24,27). The van der Waals surface area contributed by atoms with Crippen LogP contribution in [-0.2, 0) is 0 Å². The van der Waals surface area contributed by atoms with Crippen molar-refractivity contribution >= 4 is 23.2 Å². The fraction of sp³-hybridized carbons (Fsp3) is 0.227. The van der Waals surface area contributed by atoms with Gasteiger partial charge in [0.15, 0.2) is 11.5 Å². The number of rotatable bonds is 5. The maximum absolute atomic E-state index is 12.8. The number of ether oxygens (including phenoxy) is 2. The van der Waals surface area contributed by atoms with E-state index in [2.05, 4.69) is 15.3 Å². The molecule has 0 unspecified atom stereocenters. The summed E-state index contributed by atoms with van der Waals surface area (Å²) >= 11 is 0. The molecule has 0 aliphatic carbocycles. The third-order valence-corrected chi connectivity index (χ3v) is 4.50. The van der Waals surface area contributed by atoms with Crippen molar-refractivity contribution in [2.75, 3.05) is 30.0 Å². The second-order valence-corrected chi connectivity index (χ2v) is 6.59. The van der Waals surface area contributed by atoms with Crippen LogP contribution in [0, 0.1) is 6.92 Å². The molecule has 29 heavy (non-hydrogen) atoms. The van der Waals surface area contributed by atoms with Crippen molar-refractivity contribution in [2.45, 2.75) is 13.8 Å². The highest BCUT2D eigenvalue weighted by Crippen LogP contribution is 2.32. The van der Waals surface area contributed by atoms with Crippen molar-refractivity contribution in [1.29, 1.82) is 0 Å². The van der Waals surface area contributed by atoms with Crippen LogP contribution in [0.25, 0.3) is 0 Å². The zero-order valence-corrected chi connectivity index (χ0v) is 16.4. The number of nitrogens with zero attached hydrogens (tertiary/aromatic N) is 3. The highest BCUT2D eigenvalue weighted by molar-refractivity contribution is 6.03. The number of carbonyl (C=O) groups is 1. The van der Waals surface area contributed by atoms with Crippen LogP contribution in [0.5, 0.6) is 11.5 Å². The van der Waals surface area contributed by atoms with Crippen LogP contribution in [-0.4, -0.2) is 35.6 Å². The monoisotopic (exact) mass is 390 g/mol. The lowest BCUT2D eigenvalue weighted by molar-refractivity contribution is 0.102. The molecule has 2 heterocycles. The van der Waals surface area contributed by atoms with Gasteiger partial charge in [-0.15, -0.1) is 0 Å². The summed E-state index contributed by atoms with van der Waals surface area (Å²) in [6, 6.07) is 16.9. The largest absolute Gasteiger partial charge is 0.486 e. The molecule has 1 aliphatic heterocycles. The van der Waals surface area contributed by atoms with Gasteiger partial charge in [-0.05, 0) is 44.2 Å². The van der Waals surface area contributed by atoms with Crippen LogP contribution < -0.4 is 19.7 Å². The Hall–Kier alpha value is -3.61. The second-order valence-electron chi connectivity index (χ2n) is 6.59. The van der Waals surface area contributed by atoms with Crippen LogP contribution in [0.4, 0.5) is 17.3 Å². The zero-order chi connectivity index (χ0) is 20.2. The molecule has 1 amide bonds. The Morgan fingerprint density at radius 1 is 1.03 bits per heavy atom. The van der Waals surface area contributed by atoms with Gasteiger partial charge in [-0.25, -0.2) is 9.97 Å². The maximum Gasteiger partial charge on any atom is 0.274 e. The Labute approximate surface area is 169 Å². The number of fused-ring (bicyclic) bond motifs is 1. The number of carbonyl (C=O) groups excluding carboxylic acids is 1. The smallest absolute Gasteiger partial charge is 0.274 e. The number of anilines is 3. The normalized spacial score (nSPS) is 12.3. The van der Waals surface area contributed by atoms with E-state index in [1.165, 1.54) is 0 Å². The fourth-order valence-corrected chi connectivity index (χ4v) is 3.15. The van der Waals surface area contributed by atoms with E-state index in [4.69, 9.17) is 9.47 Å². The number of hydrogen-bond acceptors (Lipinski definition) is 6. The number of nitrogens with one attached hydrogen (secondary N) is 1. The van der Waals surface area contributed by atoms with Crippen LogP contribution in [0.3, 0.4) is 0 Å². The summed E-state index contributed by atoms with van der Waals surface area (Å²) in [7, 11) is 0. The molecule has 0 spiro atoms. The molecule has 1 aromatic heterocycles. The summed E-state index contributed by atoms with van der Waals surface area (Å²) in [5.41, 5.74) is 2.61. The van der Waals surface area contributed by atoms with E-state index < -0.39 is 0 Å². The van der Waals surface area contributed by atoms with Gasteiger partial charge in [-0.2, -0.15) is 0 Å². The number of amides is 1. The van der Waals surface area contributed by atoms with Crippen LogP contribution in [0.1, 0.15) is 23.1 Å². The lowest BCUT2D eigenvalue weighted by Gasteiger charge is -2.22. The molecule has 0 radical (unpaired) electrons. The SMILES string of the molecule is CCN(c1ccccc1)c1nc(C)cc(C(=O)Nc2ccc3c(c2)OCCO3)n1. The van der Waals surface area contributed by atoms with Crippen LogP contribution in [0.2, 0.25) is 0 Å². The molecule has 3 aromatic rings. The fourth-order valence-electron chi connectivity index (χ4n) is 3.15. The third kappa shape index (κ3) is 4.13. The van der Waals surface area contributed by atoms with E-state index in [0.29, 0.717) is 48.6 Å². The number of aromatic nitrogens is 2. The van der Waals surface area contributed by atoms with E-state index >= 15 is 0 Å². The van der Waals surface area contributed by atoms with Gasteiger partial charge in [0, 0.05) is 29.7 Å². The lowest BCUT2D eigenvalue weighted by atomic mass is 10.2. The molecule has 0 atom stereocenters. The van der Waals surface area contributed by atoms with E-state index in [1.807, 2.05) is 49.1 Å². The minimum atomic E-state index is -0.308. The second kappa shape index (κ2) is 8.18. The summed E-state index contributed by atoms with van der Waals surface area (Å²) in [5.74, 6) is 1.48. The summed E-state index contributed by atoms with van der Waals surface area (Å²) < 4.78 is 11.1. The molecule has 1 N–H and O–H groups in total. The average Bonchev–Trinajstić information content (AvgIpc) is 2.74. The minimum Gasteiger partial charge on any atom is -0.486 e. The number of para-hydroxylation sites is 1. The van der Waals surface area contributed by atoms with E-state index in [0.717, 1.165) is 11.4 Å². The molecule has 7 heteroatoms. The van der Waals surface area contributed by atoms with Gasteiger partial charge in [0.25, 0.3) is 5.91 Å². The van der Waals surface area contributed by atoms with Gasteiger partial charge < -0.3 is 19.7 Å². The number of benzene rings is 2. The quantitative estimate of drug-likeness (QED) is 0.710. The average molecular weight is 390 g/mol. The van der Waals surface area contributed by atoms with Crippen molar-refractivity contribution in [3.63, 3.8) is 0 Å². The third-order valence-electron chi connectivity index (χ3n) is 4.50. The summed E-state index contributed by atoms with van der Waals surface area (Å²) in [6.07, 6.45) is 0. The van der Waals surface area contributed by atoms with Gasteiger partial charge in [-0.1, -0.05) is 18.2 Å². The number of aryl methyl sites for hydroxylation is 1. The summed E-state index contributed by atoms with van der Waals surface area (Å²) in [6.45, 7) is 5.57. The Kier molecular flexibility index (Phi) is 5.29. The molecule has 4 rings (SSSR count). The highest BCUT2D eigenvalue weighted by Gasteiger charge is 2.17. The van der Waals surface area contributed by atoms with Crippen molar-refractivity contribution < 1.29 is 14.3 Å². The molecule has 2 aromatic carbocycles. The zero-order valence-electron chi connectivity index (χ0n) is 16.4. The van der Waals surface area contributed by atoms with Gasteiger partial charge in [0.1, 0.15) is 18.9 Å². The molecule has 0 saturated heterocycles. The van der Waals surface area contributed by atoms with Gasteiger partial charge >= 0.3 is 0 Å². The Morgan fingerprint density at radius 2 is 1.79 bits per heavy atom. The van der Waals surface area contributed by atoms with Crippen LogP contribution >= 0.6 is 0 Å². The van der Waals surface area contributed by atoms with Crippen molar-refractivity contribution in [1.82, 2.24) is 9.97 Å². The van der Waals surface area contributed by atoms with Crippen LogP contribution in [0.15, 0.2) is 54.6 Å².